The number of rotatable bonds is 2. The second-order valence-corrected chi connectivity index (χ2v) is 2.30. The topological polar surface area (TPSA) is 35.2 Å². The normalized spacial score (nSPS) is 10.3. The van der Waals surface area contributed by atoms with E-state index in [4.69, 9.17) is 10.5 Å². The van der Waals surface area contributed by atoms with E-state index in [9.17, 15) is 8.78 Å². The number of alkyl halides is 2. The molecule has 0 aromatic heterocycles. The van der Waals surface area contributed by atoms with Crippen molar-refractivity contribution in [2.24, 2.45) is 0 Å². The van der Waals surface area contributed by atoms with Crippen molar-refractivity contribution < 1.29 is 13.5 Å². The molecule has 0 saturated carbocycles. The van der Waals surface area contributed by atoms with E-state index in [1.54, 1.807) is 0 Å². The van der Waals surface area contributed by atoms with Gasteiger partial charge in [0.1, 0.15) is 5.75 Å². The van der Waals surface area contributed by atoms with Crippen molar-refractivity contribution in [3.8, 4) is 5.75 Å². The second-order valence-electron chi connectivity index (χ2n) is 2.30. The first kappa shape index (κ1) is 8.77. The second kappa shape index (κ2) is 3.38. The molecular weight excluding hydrogens is 164 g/mol. The smallest absolute Gasteiger partial charge is 0.265 e. The molecule has 0 atom stereocenters. The Labute approximate surface area is 68.9 Å². The Morgan fingerprint density at radius 1 is 1.42 bits per heavy atom. The van der Waals surface area contributed by atoms with Crippen LogP contribution in [0.3, 0.4) is 0 Å². The van der Waals surface area contributed by atoms with Gasteiger partial charge in [0.15, 0.2) is 0 Å². The standard InChI is InChI=1S/C8H9F2NO/c1-12-5-2-3-6(8(9)10)7(11)4-5/h2-4,8H,11H2,1H3. The number of hydrogen-bond acceptors (Lipinski definition) is 2. The maximum atomic E-state index is 12.1. The number of hydrogen-bond donors (Lipinski definition) is 1. The maximum absolute atomic E-state index is 12.1. The number of halogens is 2. The first-order valence-electron chi connectivity index (χ1n) is 3.36. The Morgan fingerprint density at radius 3 is 2.50 bits per heavy atom. The zero-order valence-electron chi connectivity index (χ0n) is 6.55. The zero-order valence-corrected chi connectivity index (χ0v) is 6.55. The SMILES string of the molecule is COc1ccc(C(F)F)c(N)c1. The summed E-state index contributed by atoms with van der Waals surface area (Å²) < 4.78 is 29.1. The Kier molecular flexibility index (Phi) is 2.47. The van der Waals surface area contributed by atoms with Crippen LogP contribution in [0, 0.1) is 0 Å². The molecule has 0 heterocycles. The van der Waals surface area contributed by atoms with E-state index in [0.29, 0.717) is 5.75 Å². The molecule has 4 heteroatoms. The Bertz CT molecular complexity index is 276. The average molecular weight is 173 g/mol. The maximum Gasteiger partial charge on any atom is 0.265 e. The molecule has 0 aliphatic carbocycles. The lowest BCUT2D eigenvalue weighted by molar-refractivity contribution is 0.152. The minimum atomic E-state index is -2.53. The number of methoxy groups -OCH3 is 1. The van der Waals surface area contributed by atoms with Crippen molar-refractivity contribution >= 4 is 5.69 Å². The molecule has 12 heavy (non-hydrogen) atoms. The van der Waals surface area contributed by atoms with E-state index in [0.717, 1.165) is 0 Å². The van der Waals surface area contributed by atoms with E-state index in [1.807, 2.05) is 0 Å². The van der Waals surface area contributed by atoms with Crippen LogP contribution in [-0.2, 0) is 0 Å². The van der Waals surface area contributed by atoms with Crippen molar-refractivity contribution in [2.75, 3.05) is 12.8 Å². The summed E-state index contributed by atoms with van der Waals surface area (Å²) in [5.41, 5.74) is 5.24. The van der Waals surface area contributed by atoms with Gasteiger partial charge in [-0.3, -0.25) is 0 Å². The number of anilines is 1. The fourth-order valence-corrected chi connectivity index (χ4v) is 0.879. The third-order valence-corrected chi connectivity index (χ3v) is 1.53. The van der Waals surface area contributed by atoms with Crippen molar-refractivity contribution in [2.45, 2.75) is 6.43 Å². The molecule has 1 aromatic carbocycles. The molecule has 0 unspecified atom stereocenters. The van der Waals surface area contributed by atoms with Gasteiger partial charge in [-0.05, 0) is 12.1 Å². The van der Waals surface area contributed by atoms with Gasteiger partial charge in [-0.25, -0.2) is 8.78 Å². The van der Waals surface area contributed by atoms with Crippen LogP contribution in [0.15, 0.2) is 18.2 Å². The quantitative estimate of drug-likeness (QED) is 0.696. The lowest BCUT2D eigenvalue weighted by Gasteiger charge is -2.05. The number of nitrogen functional groups attached to an aromatic ring is 1. The number of ether oxygens (including phenoxy) is 1. The van der Waals surface area contributed by atoms with Gasteiger partial charge >= 0.3 is 0 Å². The Hall–Kier alpha value is -1.32. The molecule has 0 fully saturated rings. The van der Waals surface area contributed by atoms with Crippen LogP contribution in [0.1, 0.15) is 12.0 Å². The van der Waals surface area contributed by atoms with E-state index >= 15 is 0 Å². The molecule has 0 aliphatic heterocycles. The Morgan fingerprint density at radius 2 is 2.08 bits per heavy atom. The predicted octanol–water partition coefficient (Wildman–Crippen LogP) is 2.21. The van der Waals surface area contributed by atoms with Crippen molar-refractivity contribution in [1.29, 1.82) is 0 Å². The van der Waals surface area contributed by atoms with Crippen LogP contribution in [0.2, 0.25) is 0 Å². The van der Waals surface area contributed by atoms with Gasteiger partial charge in [0.2, 0.25) is 0 Å². The highest BCUT2D eigenvalue weighted by atomic mass is 19.3. The Balaban J connectivity index is 3.03. The van der Waals surface area contributed by atoms with Gasteiger partial charge in [0, 0.05) is 17.3 Å². The molecular formula is C8H9F2NO. The number of benzene rings is 1. The summed E-state index contributed by atoms with van der Waals surface area (Å²) in [6.45, 7) is 0. The van der Waals surface area contributed by atoms with Gasteiger partial charge in [-0.15, -0.1) is 0 Å². The molecule has 66 valence electrons. The fourth-order valence-electron chi connectivity index (χ4n) is 0.879. The van der Waals surface area contributed by atoms with E-state index < -0.39 is 6.43 Å². The summed E-state index contributed by atoms with van der Waals surface area (Å²) in [5.74, 6) is 0.483. The molecule has 0 spiro atoms. The molecule has 2 N–H and O–H groups in total. The summed E-state index contributed by atoms with van der Waals surface area (Å²) in [6.07, 6.45) is -2.53. The van der Waals surface area contributed by atoms with Crippen LogP contribution < -0.4 is 10.5 Å². The summed E-state index contributed by atoms with van der Waals surface area (Å²) in [7, 11) is 1.46. The molecule has 0 radical (unpaired) electrons. The van der Waals surface area contributed by atoms with Crippen LogP contribution in [-0.4, -0.2) is 7.11 Å². The van der Waals surface area contributed by atoms with Gasteiger partial charge in [0.25, 0.3) is 6.43 Å². The number of nitrogens with two attached hydrogens (primary N) is 1. The monoisotopic (exact) mass is 173 g/mol. The fraction of sp³-hybridized carbons (Fsp3) is 0.250. The summed E-state index contributed by atoms with van der Waals surface area (Å²) in [5, 5.41) is 0. The molecule has 2 nitrogen and oxygen atoms in total. The van der Waals surface area contributed by atoms with Crippen LogP contribution in [0.4, 0.5) is 14.5 Å². The van der Waals surface area contributed by atoms with Crippen LogP contribution in [0.25, 0.3) is 0 Å². The molecule has 0 amide bonds. The summed E-state index contributed by atoms with van der Waals surface area (Å²) in [6, 6.07) is 4.10. The van der Waals surface area contributed by atoms with Gasteiger partial charge in [-0.1, -0.05) is 0 Å². The highest BCUT2D eigenvalue weighted by Crippen LogP contribution is 2.27. The van der Waals surface area contributed by atoms with Crippen molar-refractivity contribution in [3.05, 3.63) is 23.8 Å². The summed E-state index contributed by atoms with van der Waals surface area (Å²) in [4.78, 5) is 0. The van der Waals surface area contributed by atoms with E-state index in [2.05, 4.69) is 0 Å². The van der Waals surface area contributed by atoms with Crippen molar-refractivity contribution in [1.82, 2.24) is 0 Å². The van der Waals surface area contributed by atoms with Gasteiger partial charge in [0.05, 0.1) is 7.11 Å². The predicted molar refractivity (Wildman–Crippen MR) is 42.4 cm³/mol. The van der Waals surface area contributed by atoms with Crippen LogP contribution >= 0.6 is 0 Å². The molecule has 0 saturated heterocycles. The van der Waals surface area contributed by atoms with Crippen molar-refractivity contribution in [3.63, 3.8) is 0 Å². The lowest BCUT2D eigenvalue weighted by Crippen LogP contribution is -1.95. The minimum Gasteiger partial charge on any atom is -0.497 e. The average Bonchev–Trinajstić information content (AvgIpc) is 2.03. The highest BCUT2D eigenvalue weighted by Gasteiger charge is 2.10. The molecule has 1 rings (SSSR count). The minimum absolute atomic E-state index is 0.0596. The lowest BCUT2D eigenvalue weighted by atomic mass is 10.2. The van der Waals surface area contributed by atoms with E-state index in [-0.39, 0.29) is 11.3 Å². The van der Waals surface area contributed by atoms with E-state index in [1.165, 1.54) is 25.3 Å². The molecule has 0 aliphatic rings. The van der Waals surface area contributed by atoms with Gasteiger partial charge < -0.3 is 10.5 Å². The molecule has 0 bridgehead atoms. The van der Waals surface area contributed by atoms with Crippen LogP contribution in [0.5, 0.6) is 5.75 Å². The first-order chi connectivity index (χ1) is 5.65. The highest BCUT2D eigenvalue weighted by molar-refractivity contribution is 5.51. The van der Waals surface area contributed by atoms with Gasteiger partial charge in [-0.2, -0.15) is 0 Å². The third kappa shape index (κ3) is 1.64. The third-order valence-electron chi connectivity index (χ3n) is 1.53. The zero-order chi connectivity index (χ0) is 9.14. The summed E-state index contributed by atoms with van der Waals surface area (Å²) >= 11 is 0. The largest absolute Gasteiger partial charge is 0.497 e. The first-order valence-corrected chi connectivity index (χ1v) is 3.36. The molecule has 1 aromatic rings.